The number of piperidine rings is 1. The molecule has 1 aromatic rings. The molecule has 7 nitrogen and oxygen atoms in total. The summed E-state index contributed by atoms with van der Waals surface area (Å²) in [7, 11) is 0.500. The Bertz CT molecular complexity index is 1480. The summed E-state index contributed by atoms with van der Waals surface area (Å²) in [5, 5.41) is 10.3. The average molecular weight is 817 g/mol. The third-order valence-corrected chi connectivity index (χ3v) is 16.1. The van der Waals surface area contributed by atoms with Crippen LogP contribution in [0.15, 0.2) is 18.2 Å². The Hall–Kier alpha value is -1.83. The van der Waals surface area contributed by atoms with Crippen LogP contribution < -0.4 is 0 Å². The Balaban J connectivity index is 1.04. The lowest BCUT2D eigenvalue weighted by Gasteiger charge is -2.53. The minimum Gasteiger partial charge on any atom is -0.465 e. The fourth-order valence-corrected chi connectivity index (χ4v) is 12.9. The zero-order valence-electron chi connectivity index (χ0n) is 33.5. The van der Waals surface area contributed by atoms with Crippen LogP contribution in [0, 0.1) is 23.2 Å². The first-order valence-corrected chi connectivity index (χ1v) is 23.0. The molecule has 6 rings (SSSR count). The number of nitrogens with zero attached hydrogens (tertiary/aromatic N) is 2. The number of methoxy groups -OCH3 is 1. The molecule has 0 bridgehead atoms. The SMILES string of the molecule is CO[C@H]1CC[C@H]2[C@@H]3[C@H](CCCCCCCCCS(=O)CCCC(F)(F)C(F)(F)F)Cc4cc(C5CC(N6CCOCC6)CCN5C(=O)O)ccc4[C@H]3CC[C@]12C. The number of hydrogen-bond acceptors (Lipinski definition) is 5. The summed E-state index contributed by atoms with van der Waals surface area (Å²) in [6, 6.07) is 7.19. The molecule has 0 aromatic heterocycles. The van der Waals surface area contributed by atoms with Gasteiger partial charge in [0.1, 0.15) is 0 Å². The third kappa shape index (κ3) is 9.95. The summed E-state index contributed by atoms with van der Waals surface area (Å²) >= 11 is 0. The van der Waals surface area contributed by atoms with Gasteiger partial charge in [0, 0.05) is 61.5 Å². The van der Waals surface area contributed by atoms with Gasteiger partial charge in [0.05, 0.1) is 25.4 Å². The van der Waals surface area contributed by atoms with E-state index in [1.807, 2.05) is 7.11 Å². The highest BCUT2D eigenvalue weighted by Gasteiger charge is 2.58. The molecule has 1 N–H and O–H groups in total. The van der Waals surface area contributed by atoms with Crippen molar-refractivity contribution in [2.45, 2.75) is 152 Å². The number of ether oxygens (including phenoxy) is 2. The van der Waals surface area contributed by atoms with Gasteiger partial charge >= 0.3 is 18.2 Å². The van der Waals surface area contributed by atoms with Crippen molar-refractivity contribution in [3.05, 3.63) is 34.9 Å². The normalized spacial score (nSPS) is 31.8. The second-order valence-electron chi connectivity index (χ2n) is 17.8. The van der Waals surface area contributed by atoms with E-state index in [2.05, 4.69) is 30.0 Å². The summed E-state index contributed by atoms with van der Waals surface area (Å²) in [5.74, 6) is -2.17. The van der Waals surface area contributed by atoms with Gasteiger partial charge in [0.25, 0.3) is 0 Å². The minimum atomic E-state index is -5.56. The van der Waals surface area contributed by atoms with Crippen LogP contribution in [-0.4, -0.2) is 101 Å². The Kier molecular flexibility index (Phi) is 14.9. The molecule has 2 aliphatic heterocycles. The highest BCUT2D eigenvalue weighted by atomic mass is 32.2. The van der Waals surface area contributed by atoms with E-state index in [9.17, 15) is 36.1 Å². The van der Waals surface area contributed by atoms with Crippen LogP contribution in [0.2, 0.25) is 0 Å². The van der Waals surface area contributed by atoms with Crippen LogP contribution in [0.1, 0.15) is 138 Å². The van der Waals surface area contributed by atoms with Crippen molar-refractivity contribution in [3.8, 4) is 0 Å². The van der Waals surface area contributed by atoms with E-state index in [-0.39, 0.29) is 17.2 Å². The standard InChI is InChI=1S/C43H65F5N2O5S/c1-41-19-16-35-34-13-12-30(37-29-33(17-20-50(37)40(51)52)49-21-23-55-24-22-49)27-32(34)28-31(39(35)36(41)14-15-38(41)54-2)11-8-6-4-3-5-7-9-25-56(53)26-10-18-42(44,45)43(46,47)48/h12-13,27,31,33,35-39H,3-11,14-26,28-29H2,1-2H3,(H,51,52)/t31-,33?,35-,36+,37?,38+,39-,41+,56?/m1/s1. The van der Waals surface area contributed by atoms with Crippen LogP contribution in [-0.2, 0) is 26.7 Å². The van der Waals surface area contributed by atoms with Crippen molar-refractivity contribution < 1.29 is 45.5 Å². The van der Waals surface area contributed by atoms with E-state index in [0.29, 0.717) is 54.5 Å². The highest BCUT2D eigenvalue weighted by Crippen LogP contribution is 2.63. The van der Waals surface area contributed by atoms with Crippen molar-refractivity contribution in [3.63, 3.8) is 0 Å². The summed E-state index contributed by atoms with van der Waals surface area (Å²) in [5.41, 5.74) is 4.24. The fraction of sp³-hybridized carbons (Fsp3) is 0.837. The number of hydrogen-bond donors (Lipinski definition) is 1. The van der Waals surface area contributed by atoms with Crippen LogP contribution in [0.4, 0.5) is 26.7 Å². The molecule has 2 saturated heterocycles. The van der Waals surface area contributed by atoms with Crippen molar-refractivity contribution in [1.29, 1.82) is 0 Å². The molecular formula is C43H65F5N2O5S. The summed E-state index contributed by atoms with van der Waals surface area (Å²) in [6.45, 7) is 6.29. The molecule has 2 saturated carbocycles. The van der Waals surface area contributed by atoms with Crippen molar-refractivity contribution in [1.82, 2.24) is 9.80 Å². The number of carbonyl (C=O) groups is 1. The van der Waals surface area contributed by atoms with Crippen molar-refractivity contribution >= 4 is 16.9 Å². The van der Waals surface area contributed by atoms with Gasteiger partial charge in [0.15, 0.2) is 0 Å². The van der Waals surface area contributed by atoms with Gasteiger partial charge in [-0.2, -0.15) is 22.0 Å². The van der Waals surface area contributed by atoms with Crippen LogP contribution >= 0.6 is 0 Å². The van der Waals surface area contributed by atoms with Gasteiger partial charge in [-0.15, -0.1) is 0 Å². The molecule has 1 amide bonds. The molecule has 9 atom stereocenters. The van der Waals surface area contributed by atoms with Crippen LogP contribution in [0.25, 0.3) is 0 Å². The smallest absolute Gasteiger partial charge is 0.453 e. The first-order chi connectivity index (χ1) is 26.7. The van der Waals surface area contributed by atoms with Gasteiger partial charge in [0.2, 0.25) is 0 Å². The number of unbranched alkanes of at least 4 members (excludes halogenated alkanes) is 6. The molecule has 56 heavy (non-hydrogen) atoms. The predicted molar refractivity (Wildman–Crippen MR) is 209 cm³/mol. The van der Waals surface area contributed by atoms with Crippen LogP contribution in [0.3, 0.4) is 0 Å². The Morgan fingerprint density at radius 1 is 0.946 bits per heavy atom. The monoisotopic (exact) mass is 816 g/mol. The maximum Gasteiger partial charge on any atom is 0.453 e. The largest absolute Gasteiger partial charge is 0.465 e. The molecule has 2 heterocycles. The number of rotatable bonds is 17. The van der Waals surface area contributed by atoms with Gasteiger partial charge < -0.3 is 19.5 Å². The molecule has 3 aliphatic carbocycles. The minimum absolute atomic E-state index is 0.122. The quantitative estimate of drug-likeness (QED) is 0.125. The lowest BCUT2D eigenvalue weighted by atomic mass is 9.52. The fourth-order valence-electron chi connectivity index (χ4n) is 11.7. The molecule has 1 aromatic carbocycles. The van der Waals surface area contributed by atoms with E-state index < -0.39 is 41.8 Å². The van der Waals surface area contributed by atoms with Gasteiger partial charge in [-0.1, -0.05) is 63.6 Å². The maximum atomic E-state index is 13.1. The van der Waals surface area contributed by atoms with Crippen LogP contribution in [0.5, 0.6) is 0 Å². The number of amides is 1. The van der Waals surface area contributed by atoms with E-state index in [1.165, 1.54) is 30.4 Å². The number of benzene rings is 1. The number of fused-ring (bicyclic) bond motifs is 5. The number of carboxylic acid groups (broad SMARTS) is 1. The van der Waals surface area contributed by atoms with Crippen molar-refractivity contribution in [2.75, 3.05) is 51.5 Å². The second kappa shape index (κ2) is 19.0. The number of alkyl halides is 5. The van der Waals surface area contributed by atoms with E-state index in [4.69, 9.17) is 9.47 Å². The first-order valence-electron chi connectivity index (χ1n) is 21.5. The number of morpholine rings is 1. The average Bonchev–Trinajstić information content (AvgIpc) is 3.52. The third-order valence-electron chi connectivity index (χ3n) is 14.6. The van der Waals surface area contributed by atoms with Gasteiger partial charge in [-0.05, 0) is 110 Å². The molecular weight excluding hydrogens is 752 g/mol. The molecule has 318 valence electrons. The summed E-state index contributed by atoms with van der Waals surface area (Å²) in [4.78, 5) is 16.7. The second-order valence-corrected chi connectivity index (χ2v) is 19.5. The molecule has 3 unspecified atom stereocenters. The van der Waals surface area contributed by atoms with E-state index in [0.717, 1.165) is 102 Å². The summed E-state index contributed by atoms with van der Waals surface area (Å²) in [6.07, 6.45) is 7.77. The Morgan fingerprint density at radius 2 is 1.64 bits per heavy atom. The van der Waals surface area contributed by atoms with Gasteiger partial charge in [-0.25, -0.2) is 4.79 Å². The number of likely N-dealkylation sites (tertiary alicyclic amines) is 1. The first kappa shape index (κ1) is 43.7. The lowest BCUT2D eigenvalue weighted by molar-refractivity contribution is -0.284. The maximum absolute atomic E-state index is 13.1. The number of halogens is 5. The predicted octanol–water partition coefficient (Wildman–Crippen LogP) is 10.1. The topological polar surface area (TPSA) is 79.3 Å². The lowest BCUT2D eigenvalue weighted by Crippen LogP contribution is -2.51. The Labute approximate surface area is 333 Å². The molecule has 0 radical (unpaired) electrons. The zero-order valence-corrected chi connectivity index (χ0v) is 34.3. The molecule has 0 spiro atoms. The highest BCUT2D eigenvalue weighted by molar-refractivity contribution is 7.84. The molecule has 4 fully saturated rings. The molecule has 13 heteroatoms. The Morgan fingerprint density at radius 3 is 2.34 bits per heavy atom. The van der Waals surface area contributed by atoms with E-state index >= 15 is 0 Å². The van der Waals surface area contributed by atoms with E-state index in [1.54, 1.807) is 4.90 Å². The molecule has 5 aliphatic rings. The van der Waals surface area contributed by atoms with Crippen molar-refractivity contribution in [2.24, 2.45) is 23.2 Å². The summed E-state index contributed by atoms with van der Waals surface area (Å²) < 4.78 is 87.2. The van der Waals surface area contributed by atoms with Gasteiger partial charge in [-0.3, -0.25) is 9.11 Å². The zero-order chi connectivity index (χ0) is 40.1.